The van der Waals surface area contributed by atoms with Crippen LogP contribution in [0.1, 0.15) is 16.7 Å². The number of rotatable bonds is 6. The van der Waals surface area contributed by atoms with E-state index in [0.717, 1.165) is 11.1 Å². The molecular formula is C18H18N2O2. The van der Waals surface area contributed by atoms with E-state index in [2.05, 4.69) is 5.10 Å². The summed E-state index contributed by atoms with van der Waals surface area (Å²) < 4.78 is 7.53. The molecule has 1 aromatic heterocycles. The first-order valence-electron chi connectivity index (χ1n) is 7.23. The highest BCUT2D eigenvalue weighted by molar-refractivity contribution is 5.24. The Morgan fingerprint density at radius 3 is 2.18 bits per heavy atom. The van der Waals surface area contributed by atoms with Gasteiger partial charge >= 0.3 is 0 Å². The summed E-state index contributed by atoms with van der Waals surface area (Å²) in [6.07, 6.45) is 1.83. The number of nitrogens with zero attached hydrogens (tertiary/aromatic N) is 2. The molecule has 0 radical (unpaired) electrons. The van der Waals surface area contributed by atoms with Gasteiger partial charge in [0.1, 0.15) is 6.61 Å². The Labute approximate surface area is 129 Å². The Kier molecular flexibility index (Phi) is 4.51. The summed E-state index contributed by atoms with van der Waals surface area (Å²) in [4.78, 5) is 0. The molecule has 0 fully saturated rings. The summed E-state index contributed by atoms with van der Waals surface area (Å²) >= 11 is 0. The van der Waals surface area contributed by atoms with Gasteiger partial charge in [0.25, 0.3) is 0 Å². The van der Waals surface area contributed by atoms with E-state index in [9.17, 15) is 5.11 Å². The molecule has 0 atom stereocenters. The second kappa shape index (κ2) is 6.91. The molecule has 0 amide bonds. The zero-order chi connectivity index (χ0) is 15.2. The molecule has 4 heteroatoms. The van der Waals surface area contributed by atoms with Crippen molar-refractivity contribution in [2.45, 2.75) is 19.8 Å². The van der Waals surface area contributed by atoms with Gasteiger partial charge in [-0.15, -0.1) is 5.10 Å². The Balaban J connectivity index is 1.71. The molecule has 1 N–H and O–H groups in total. The summed E-state index contributed by atoms with van der Waals surface area (Å²) in [5.74, 6) is 0.488. The van der Waals surface area contributed by atoms with Gasteiger partial charge in [0.05, 0.1) is 18.7 Å². The van der Waals surface area contributed by atoms with Crippen molar-refractivity contribution >= 4 is 0 Å². The van der Waals surface area contributed by atoms with E-state index in [1.807, 2.05) is 66.9 Å². The van der Waals surface area contributed by atoms with E-state index in [-0.39, 0.29) is 6.61 Å². The fraction of sp³-hybridized carbons (Fsp3) is 0.167. The molecule has 4 nitrogen and oxygen atoms in total. The summed E-state index contributed by atoms with van der Waals surface area (Å²) in [7, 11) is 0. The van der Waals surface area contributed by atoms with Crippen molar-refractivity contribution in [1.29, 1.82) is 0 Å². The lowest BCUT2D eigenvalue weighted by molar-refractivity contribution is 0.254. The van der Waals surface area contributed by atoms with E-state index >= 15 is 0 Å². The first-order chi connectivity index (χ1) is 10.8. The first kappa shape index (κ1) is 14.4. The minimum Gasteiger partial charge on any atom is -0.471 e. The molecule has 3 aromatic rings. The van der Waals surface area contributed by atoms with Crippen molar-refractivity contribution < 1.29 is 9.84 Å². The molecule has 0 bridgehead atoms. The zero-order valence-corrected chi connectivity index (χ0v) is 12.2. The maximum Gasteiger partial charge on any atom is 0.238 e. The van der Waals surface area contributed by atoms with Crippen molar-refractivity contribution in [3.05, 3.63) is 83.6 Å². The van der Waals surface area contributed by atoms with Crippen molar-refractivity contribution in [2.24, 2.45) is 0 Å². The van der Waals surface area contributed by atoms with Gasteiger partial charge in [-0.3, -0.25) is 4.68 Å². The summed E-state index contributed by atoms with van der Waals surface area (Å²) in [5.41, 5.74) is 2.93. The lowest BCUT2D eigenvalue weighted by Gasteiger charge is -2.04. The minimum absolute atomic E-state index is 0.0844. The van der Waals surface area contributed by atoms with Crippen LogP contribution in [0.3, 0.4) is 0 Å². The maximum absolute atomic E-state index is 9.46. The molecule has 0 aliphatic heterocycles. The lowest BCUT2D eigenvalue weighted by atomic mass is 10.2. The van der Waals surface area contributed by atoms with Gasteiger partial charge in [0, 0.05) is 6.20 Å². The number of aliphatic hydroxyl groups excluding tert-OH is 1. The predicted molar refractivity (Wildman–Crippen MR) is 84.5 cm³/mol. The third kappa shape index (κ3) is 3.54. The molecule has 0 aliphatic carbocycles. The summed E-state index contributed by atoms with van der Waals surface area (Å²) in [6.45, 7) is 1.01. The topological polar surface area (TPSA) is 47.3 Å². The molecular weight excluding hydrogens is 276 g/mol. The Morgan fingerprint density at radius 2 is 1.55 bits per heavy atom. The highest BCUT2D eigenvalue weighted by Gasteiger charge is 2.10. The van der Waals surface area contributed by atoms with Gasteiger partial charge in [-0.2, -0.15) is 0 Å². The van der Waals surface area contributed by atoms with Crippen LogP contribution in [0.4, 0.5) is 0 Å². The number of aromatic nitrogens is 2. The predicted octanol–water partition coefficient (Wildman–Crippen LogP) is 3.00. The van der Waals surface area contributed by atoms with Gasteiger partial charge < -0.3 is 9.84 Å². The third-order valence-corrected chi connectivity index (χ3v) is 3.37. The van der Waals surface area contributed by atoms with E-state index in [1.165, 1.54) is 0 Å². The lowest BCUT2D eigenvalue weighted by Crippen LogP contribution is -2.01. The van der Waals surface area contributed by atoms with Crippen molar-refractivity contribution in [3.8, 4) is 5.88 Å². The largest absolute Gasteiger partial charge is 0.471 e. The molecule has 2 aromatic carbocycles. The van der Waals surface area contributed by atoms with Gasteiger partial charge in [0.15, 0.2) is 0 Å². The molecule has 0 unspecified atom stereocenters. The number of hydrogen-bond donors (Lipinski definition) is 1. The third-order valence-electron chi connectivity index (χ3n) is 3.37. The van der Waals surface area contributed by atoms with Gasteiger partial charge in [-0.05, 0) is 11.1 Å². The molecule has 0 aliphatic rings. The second-order valence-electron chi connectivity index (χ2n) is 5.08. The van der Waals surface area contributed by atoms with Crippen LogP contribution >= 0.6 is 0 Å². The van der Waals surface area contributed by atoms with Crippen molar-refractivity contribution in [2.75, 3.05) is 0 Å². The van der Waals surface area contributed by atoms with Crippen molar-refractivity contribution in [1.82, 2.24) is 9.78 Å². The fourth-order valence-electron chi connectivity index (χ4n) is 2.25. The molecule has 1 heterocycles. The molecule has 0 saturated heterocycles. The van der Waals surface area contributed by atoms with Crippen LogP contribution in [-0.2, 0) is 19.8 Å². The standard InChI is InChI=1S/C18H18N2O2/c21-13-17-12-20(11-15-7-3-1-4-8-15)19-18(17)22-14-16-9-5-2-6-10-16/h1-10,12,21H,11,13-14H2. The normalized spacial score (nSPS) is 10.6. The van der Waals surface area contributed by atoms with E-state index in [4.69, 9.17) is 4.74 Å². The Hall–Kier alpha value is -2.59. The minimum atomic E-state index is -0.0844. The van der Waals surface area contributed by atoms with Crippen LogP contribution in [0.25, 0.3) is 0 Å². The Bertz CT molecular complexity index is 708. The van der Waals surface area contributed by atoms with E-state index in [1.54, 1.807) is 4.68 Å². The SMILES string of the molecule is OCc1cn(Cc2ccccc2)nc1OCc1ccccc1. The highest BCUT2D eigenvalue weighted by atomic mass is 16.5. The number of benzene rings is 2. The molecule has 0 spiro atoms. The quantitative estimate of drug-likeness (QED) is 0.760. The van der Waals surface area contributed by atoms with Crippen LogP contribution in [0.5, 0.6) is 5.88 Å². The molecule has 112 valence electrons. The second-order valence-corrected chi connectivity index (χ2v) is 5.08. The number of hydrogen-bond acceptors (Lipinski definition) is 3. The van der Waals surface area contributed by atoms with Crippen molar-refractivity contribution in [3.63, 3.8) is 0 Å². The Morgan fingerprint density at radius 1 is 0.909 bits per heavy atom. The average molecular weight is 294 g/mol. The summed E-state index contributed by atoms with van der Waals surface area (Å²) in [5, 5.41) is 13.9. The van der Waals surface area contributed by atoms with Crippen LogP contribution in [0, 0.1) is 0 Å². The van der Waals surface area contributed by atoms with E-state index < -0.39 is 0 Å². The molecule has 0 saturated carbocycles. The van der Waals surface area contributed by atoms with Crippen LogP contribution in [-0.4, -0.2) is 14.9 Å². The first-order valence-corrected chi connectivity index (χ1v) is 7.23. The van der Waals surface area contributed by atoms with Gasteiger partial charge in [-0.1, -0.05) is 60.7 Å². The average Bonchev–Trinajstić information content (AvgIpc) is 2.97. The highest BCUT2D eigenvalue weighted by Crippen LogP contribution is 2.18. The van der Waals surface area contributed by atoms with Crippen LogP contribution in [0.2, 0.25) is 0 Å². The smallest absolute Gasteiger partial charge is 0.238 e. The number of ether oxygens (including phenoxy) is 1. The molecule has 3 rings (SSSR count). The fourth-order valence-corrected chi connectivity index (χ4v) is 2.25. The van der Waals surface area contributed by atoms with Crippen LogP contribution < -0.4 is 4.74 Å². The van der Waals surface area contributed by atoms with E-state index in [0.29, 0.717) is 24.6 Å². The van der Waals surface area contributed by atoms with Crippen LogP contribution in [0.15, 0.2) is 66.9 Å². The summed E-state index contributed by atoms with van der Waals surface area (Å²) in [6, 6.07) is 20.0. The monoisotopic (exact) mass is 294 g/mol. The number of aliphatic hydroxyl groups is 1. The van der Waals surface area contributed by atoms with Gasteiger partial charge in [-0.25, -0.2) is 0 Å². The van der Waals surface area contributed by atoms with Gasteiger partial charge in [0.2, 0.25) is 5.88 Å². The molecule has 22 heavy (non-hydrogen) atoms. The maximum atomic E-state index is 9.46. The zero-order valence-electron chi connectivity index (χ0n) is 12.2.